The molecule has 0 unspecified atom stereocenters. The highest BCUT2D eigenvalue weighted by Gasteiger charge is 2.28. The van der Waals surface area contributed by atoms with Crippen molar-refractivity contribution >= 4 is 34.8 Å². The molecule has 0 bridgehead atoms. The molecule has 1 aromatic carbocycles. The number of carbonyl (C=O) groups is 2. The van der Waals surface area contributed by atoms with Crippen molar-refractivity contribution < 1.29 is 36.6 Å². The second kappa shape index (κ2) is 13.4. The molecule has 15 heteroatoms. The number of aromatic nitrogens is 3. The highest BCUT2D eigenvalue weighted by Crippen LogP contribution is 2.25. The van der Waals surface area contributed by atoms with Crippen molar-refractivity contribution in [3.8, 4) is 11.4 Å². The van der Waals surface area contributed by atoms with Gasteiger partial charge in [-0.1, -0.05) is 16.8 Å². The lowest BCUT2D eigenvalue weighted by Crippen LogP contribution is -2.33. The summed E-state index contributed by atoms with van der Waals surface area (Å²) in [6.45, 7) is -1.98. The summed E-state index contributed by atoms with van der Waals surface area (Å²) in [5.41, 5.74) is 0.172. The third-order valence-electron chi connectivity index (χ3n) is 4.64. The number of nitrogens with one attached hydrogen (secondary N) is 2. The maximum Gasteiger partial charge on any atom is 0.405 e. The number of hydrogen-bond donors (Lipinski definition) is 2. The summed E-state index contributed by atoms with van der Waals surface area (Å²) in [5.74, 6) is -1.37. The Morgan fingerprint density at radius 2 is 1.89 bits per heavy atom. The minimum Gasteiger partial charge on any atom is -0.489 e. The molecule has 2 heterocycles. The Hall–Kier alpha value is -3.23. The molecule has 0 spiro atoms. The van der Waals surface area contributed by atoms with Crippen molar-refractivity contribution in [2.75, 3.05) is 39.6 Å². The highest BCUT2D eigenvalue weighted by atomic mass is 35.5. The van der Waals surface area contributed by atoms with Crippen LogP contribution < -0.4 is 15.4 Å². The lowest BCUT2D eigenvalue weighted by atomic mass is 10.1. The van der Waals surface area contributed by atoms with Gasteiger partial charge in [-0.05, 0) is 36.8 Å². The van der Waals surface area contributed by atoms with Crippen LogP contribution in [0.3, 0.4) is 0 Å². The summed E-state index contributed by atoms with van der Waals surface area (Å²) in [6.07, 6.45) is -2.66. The van der Waals surface area contributed by atoms with Crippen molar-refractivity contribution in [1.82, 2.24) is 25.6 Å². The topological polar surface area (TPSA) is 107 Å². The molecule has 3 aromatic rings. The zero-order chi connectivity index (χ0) is 26.8. The molecule has 0 aliphatic rings. The number of nitrogens with zero attached hydrogens (tertiary/aromatic N) is 3. The van der Waals surface area contributed by atoms with Gasteiger partial charge < -0.3 is 20.1 Å². The first-order chi connectivity index (χ1) is 17.7. The smallest absolute Gasteiger partial charge is 0.405 e. The number of ether oxygens (including phenoxy) is 2. The molecular weight excluding hydrogens is 542 g/mol. The number of halogens is 5. The van der Waals surface area contributed by atoms with Crippen LogP contribution in [0.5, 0.6) is 5.75 Å². The standard InChI is InChI=1S/C22H22ClF4N5O4S/c23-19-4-2-15(37-19)5-7-28-21(34)16-12-32(31-30-16)17-3-1-14(20(33)29-13-22(25,26)27)11-18(17)36-10-9-35-8-6-24/h1-4,11-12H,5-10,13H2,(H,28,34)(H,29,33). The average molecular weight is 564 g/mol. The molecule has 200 valence electrons. The van der Waals surface area contributed by atoms with E-state index in [2.05, 4.69) is 15.6 Å². The zero-order valence-corrected chi connectivity index (χ0v) is 20.8. The molecule has 2 amide bonds. The first-order valence-electron chi connectivity index (χ1n) is 10.9. The first kappa shape index (κ1) is 28.3. The van der Waals surface area contributed by atoms with Gasteiger partial charge in [0, 0.05) is 17.0 Å². The molecule has 0 fully saturated rings. The number of alkyl halides is 4. The molecule has 9 nitrogen and oxygen atoms in total. The Balaban J connectivity index is 1.71. The summed E-state index contributed by atoms with van der Waals surface area (Å²) >= 11 is 7.31. The van der Waals surface area contributed by atoms with Gasteiger partial charge in [0.15, 0.2) is 5.69 Å². The summed E-state index contributed by atoms with van der Waals surface area (Å²) in [7, 11) is 0. The van der Waals surface area contributed by atoms with Crippen LogP contribution in [-0.4, -0.2) is 72.6 Å². The van der Waals surface area contributed by atoms with Crippen LogP contribution in [0, 0.1) is 0 Å². The average Bonchev–Trinajstić information content (AvgIpc) is 3.51. The fourth-order valence-corrected chi connectivity index (χ4v) is 4.06. The van der Waals surface area contributed by atoms with Gasteiger partial charge in [-0.3, -0.25) is 9.59 Å². The Kier molecular flexibility index (Phi) is 10.2. The molecule has 0 atom stereocenters. The van der Waals surface area contributed by atoms with E-state index in [9.17, 15) is 27.2 Å². The van der Waals surface area contributed by atoms with Crippen molar-refractivity contribution in [3.05, 3.63) is 57.0 Å². The lowest BCUT2D eigenvalue weighted by Gasteiger charge is -2.14. The molecule has 2 aromatic heterocycles. The number of rotatable bonds is 13. The Morgan fingerprint density at radius 1 is 1.08 bits per heavy atom. The Morgan fingerprint density at radius 3 is 2.59 bits per heavy atom. The van der Waals surface area contributed by atoms with Gasteiger partial charge in [0.05, 0.1) is 23.7 Å². The second-order valence-electron chi connectivity index (χ2n) is 7.39. The first-order valence-corrected chi connectivity index (χ1v) is 12.1. The second-order valence-corrected chi connectivity index (χ2v) is 9.19. The number of hydrogen-bond acceptors (Lipinski definition) is 7. The van der Waals surface area contributed by atoms with E-state index in [-0.39, 0.29) is 42.5 Å². The van der Waals surface area contributed by atoms with Crippen molar-refractivity contribution in [3.63, 3.8) is 0 Å². The van der Waals surface area contributed by atoms with E-state index >= 15 is 0 Å². The molecule has 0 saturated carbocycles. The van der Waals surface area contributed by atoms with Crippen LogP contribution in [0.15, 0.2) is 36.5 Å². The van der Waals surface area contributed by atoms with E-state index in [4.69, 9.17) is 21.1 Å². The van der Waals surface area contributed by atoms with Crippen LogP contribution in [0.4, 0.5) is 17.6 Å². The minimum atomic E-state index is -4.57. The van der Waals surface area contributed by atoms with E-state index < -0.39 is 31.2 Å². The summed E-state index contributed by atoms with van der Waals surface area (Å²) in [5, 5.41) is 12.3. The summed E-state index contributed by atoms with van der Waals surface area (Å²) < 4.78 is 62.1. The summed E-state index contributed by atoms with van der Waals surface area (Å²) in [4.78, 5) is 25.6. The molecule has 0 aliphatic heterocycles. The minimum absolute atomic E-state index is 0.00781. The van der Waals surface area contributed by atoms with Crippen molar-refractivity contribution in [1.29, 1.82) is 0 Å². The monoisotopic (exact) mass is 563 g/mol. The largest absolute Gasteiger partial charge is 0.489 e. The predicted octanol–water partition coefficient (Wildman–Crippen LogP) is 3.61. The molecule has 0 radical (unpaired) electrons. The van der Waals surface area contributed by atoms with Gasteiger partial charge in [0.1, 0.15) is 31.3 Å². The molecule has 37 heavy (non-hydrogen) atoms. The summed E-state index contributed by atoms with van der Waals surface area (Å²) in [6, 6.07) is 7.53. The maximum atomic E-state index is 12.5. The van der Waals surface area contributed by atoms with Crippen LogP contribution in [0.1, 0.15) is 25.7 Å². The normalized spacial score (nSPS) is 11.4. The van der Waals surface area contributed by atoms with Crippen LogP contribution >= 0.6 is 22.9 Å². The predicted molar refractivity (Wildman–Crippen MR) is 127 cm³/mol. The van der Waals surface area contributed by atoms with Gasteiger partial charge in [0.25, 0.3) is 11.8 Å². The maximum absolute atomic E-state index is 12.5. The van der Waals surface area contributed by atoms with E-state index in [0.717, 1.165) is 4.88 Å². The fraction of sp³-hybridized carbons (Fsp3) is 0.364. The van der Waals surface area contributed by atoms with Crippen LogP contribution in [-0.2, 0) is 11.2 Å². The van der Waals surface area contributed by atoms with Crippen LogP contribution in [0.2, 0.25) is 4.34 Å². The highest BCUT2D eigenvalue weighted by molar-refractivity contribution is 7.16. The zero-order valence-electron chi connectivity index (χ0n) is 19.2. The van der Waals surface area contributed by atoms with E-state index in [1.54, 1.807) is 11.4 Å². The molecule has 0 saturated heterocycles. The third kappa shape index (κ3) is 8.98. The van der Waals surface area contributed by atoms with Crippen molar-refractivity contribution in [2.24, 2.45) is 0 Å². The quantitative estimate of drug-likeness (QED) is 0.243. The van der Waals surface area contributed by atoms with Gasteiger partial charge in [-0.2, -0.15) is 13.2 Å². The van der Waals surface area contributed by atoms with E-state index in [1.165, 1.54) is 40.4 Å². The van der Waals surface area contributed by atoms with Crippen LogP contribution in [0.25, 0.3) is 5.69 Å². The van der Waals surface area contributed by atoms with Gasteiger partial charge >= 0.3 is 6.18 Å². The van der Waals surface area contributed by atoms with E-state index in [1.807, 2.05) is 6.07 Å². The number of benzene rings is 1. The number of thiophene rings is 1. The Bertz CT molecular complexity index is 1200. The molecule has 3 rings (SSSR count). The van der Waals surface area contributed by atoms with Gasteiger partial charge in [-0.15, -0.1) is 16.4 Å². The Labute approximate surface area is 217 Å². The number of amides is 2. The third-order valence-corrected chi connectivity index (χ3v) is 5.93. The number of carbonyl (C=O) groups excluding carboxylic acids is 2. The van der Waals surface area contributed by atoms with Gasteiger partial charge in [0.2, 0.25) is 0 Å². The van der Waals surface area contributed by atoms with E-state index in [0.29, 0.717) is 17.3 Å². The fourth-order valence-electron chi connectivity index (χ4n) is 2.97. The SMILES string of the molecule is O=C(NCC(F)(F)F)c1ccc(-n2cc(C(=O)NCCc3ccc(Cl)s3)nn2)c(OCCOCCF)c1. The molecule has 0 aliphatic carbocycles. The molecular formula is C22H22ClF4N5O4S. The van der Waals surface area contributed by atoms with Gasteiger partial charge in [-0.25, -0.2) is 9.07 Å². The lowest BCUT2D eigenvalue weighted by molar-refractivity contribution is -0.123. The van der Waals surface area contributed by atoms with Crippen molar-refractivity contribution in [2.45, 2.75) is 12.6 Å². The molecule has 2 N–H and O–H groups in total.